The van der Waals surface area contributed by atoms with Crippen LogP contribution >= 0.6 is 11.6 Å². The quantitative estimate of drug-likeness (QED) is 0.359. The summed E-state index contributed by atoms with van der Waals surface area (Å²) in [5.41, 5.74) is 2.42. The molecule has 0 saturated heterocycles. The van der Waals surface area contributed by atoms with Crippen LogP contribution in [0.1, 0.15) is 75.1 Å². The topological polar surface area (TPSA) is 78.7 Å². The minimum Gasteiger partial charge on any atom is -0.490 e. The van der Waals surface area contributed by atoms with Crippen molar-refractivity contribution in [1.82, 2.24) is 19.8 Å². The number of halogens is 1. The van der Waals surface area contributed by atoms with Gasteiger partial charge >= 0.3 is 6.16 Å². The summed E-state index contributed by atoms with van der Waals surface area (Å²) in [6.07, 6.45) is 3.24. The maximum Gasteiger partial charge on any atom is 0.528 e. The van der Waals surface area contributed by atoms with Gasteiger partial charge in [-0.3, -0.25) is 4.57 Å². The molecule has 0 atom stereocenters. The van der Waals surface area contributed by atoms with Gasteiger partial charge in [0.15, 0.2) is 5.82 Å². The average molecular weight is 525 g/mol. The number of fused-ring (bicyclic) bond motifs is 3. The summed E-state index contributed by atoms with van der Waals surface area (Å²) in [5.74, 6) is 2.81. The molecule has 0 radical (unpaired) electrons. The van der Waals surface area contributed by atoms with E-state index in [9.17, 15) is 4.79 Å². The lowest BCUT2D eigenvalue weighted by Gasteiger charge is -2.29. The first-order chi connectivity index (χ1) is 17.6. The Balaban J connectivity index is 1.35. The van der Waals surface area contributed by atoms with E-state index in [-0.39, 0.29) is 18.6 Å². The molecular weight excluding hydrogens is 492 g/mol. The third-order valence-corrected chi connectivity index (χ3v) is 6.86. The minimum absolute atomic E-state index is 0.188. The Morgan fingerprint density at radius 1 is 1.03 bits per heavy atom. The molecular formula is C28H33ClN4O4. The molecule has 9 heteroatoms. The van der Waals surface area contributed by atoms with Crippen LogP contribution in [0.5, 0.6) is 5.75 Å². The monoisotopic (exact) mass is 524 g/mol. The molecule has 0 unspecified atom stereocenters. The van der Waals surface area contributed by atoms with Gasteiger partial charge in [-0.05, 0) is 94.8 Å². The lowest BCUT2D eigenvalue weighted by Crippen LogP contribution is -2.31. The molecule has 2 aliphatic rings. The van der Waals surface area contributed by atoms with Crippen LogP contribution in [-0.4, -0.2) is 37.7 Å². The third-order valence-electron chi connectivity index (χ3n) is 6.63. The van der Waals surface area contributed by atoms with Gasteiger partial charge in [-0.1, -0.05) is 23.7 Å². The van der Waals surface area contributed by atoms with Crippen molar-refractivity contribution < 1.29 is 19.1 Å². The highest BCUT2D eigenvalue weighted by Crippen LogP contribution is 2.37. The molecule has 2 aromatic carbocycles. The number of carbonyl (C=O) groups excluding carboxylic acids is 1. The number of hydrogen-bond acceptors (Lipinski definition) is 7. The van der Waals surface area contributed by atoms with Crippen LogP contribution in [0.4, 0.5) is 4.79 Å². The van der Waals surface area contributed by atoms with E-state index in [0.717, 1.165) is 48.5 Å². The molecule has 0 spiro atoms. The number of ether oxygens (including phenoxy) is 2. The molecule has 2 heterocycles. The van der Waals surface area contributed by atoms with Crippen LogP contribution in [0.25, 0.3) is 5.69 Å². The second kappa shape index (κ2) is 10.3. The fourth-order valence-electron chi connectivity index (χ4n) is 5.02. The Labute approximate surface area is 222 Å². The van der Waals surface area contributed by atoms with Crippen molar-refractivity contribution in [2.75, 3.05) is 0 Å². The highest BCUT2D eigenvalue weighted by molar-refractivity contribution is 6.30. The molecule has 0 amide bonds. The summed E-state index contributed by atoms with van der Waals surface area (Å²) < 4.78 is 13.7. The largest absolute Gasteiger partial charge is 0.528 e. The van der Waals surface area contributed by atoms with E-state index in [0.29, 0.717) is 17.4 Å². The molecule has 1 saturated carbocycles. The van der Waals surface area contributed by atoms with Crippen molar-refractivity contribution in [1.29, 1.82) is 0 Å². The number of aryl methyl sites for hydroxylation is 1. The van der Waals surface area contributed by atoms with Gasteiger partial charge in [-0.25, -0.2) is 4.79 Å². The number of rotatable bonds is 4. The summed E-state index contributed by atoms with van der Waals surface area (Å²) in [7, 11) is 0. The number of aromatic nitrogens is 3. The Morgan fingerprint density at radius 3 is 2.54 bits per heavy atom. The summed E-state index contributed by atoms with van der Waals surface area (Å²) in [4.78, 5) is 18.0. The molecule has 1 aromatic heterocycles. The first-order valence-electron chi connectivity index (χ1n) is 12.8. The lowest BCUT2D eigenvalue weighted by molar-refractivity contribution is -0.155. The van der Waals surface area contributed by atoms with E-state index in [2.05, 4.69) is 33.8 Å². The van der Waals surface area contributed by atoms with Crippen molar-refractivity contribution in [3.63, 3.8) is 0 Å². The van der Waals surface area contributed by atoms with Gasteiger partial charge < -0.3 is 14.3 Å². The van der Waals surface area contributed by atoms with E-state index in [1.165, 1.54) is 5.56 Å². The van der Waals surface area contributed by atoms with Crippen LogP contribution in [0, 0.1) is 6.92 Å². The highest BCUT2D eigenvalue weighted by atomic mass is 35.5. The van der Waals surface area contributed by atoms with E-state index >= 15 is 0 Å². The standard InChI is InChI=1S/C28H33ClN4O4/c1-18-6-5-7-23(14-18)35-22-11-8-19(9-12-22)26-31-30-25-17-32(37-27(34)36-28(2,3)4)16-20-15-21(29)10-13-24(20)33(25)26/h5-7,10,13-15,19,22H,8-9,11-12,16-17H2,1-4H3/t19-,22-. The molecule has 196 valence electrons. The molecule has 5 rings (SSSR count). The van der Waals surface area contributed by atoms with Crippen molar-refractivity contribution >= 4 is 17.8 Å². The van der Waals surface area contributed by atoms with Crippen molar-refractivity contribution in [3.05, 3.63) is 70.3 Å². The molecule has 0 bridgehead atoms. The Hall–Kier alpha value is -3.10. The number of hydrogen-bond donors (Lipinski definition) is 0. The Morgan fingerprint density at radius 2 is 1.81 bits per heavy atom. The summed E-state index contributed by atoms with van der Waals surface area (Å²) in [6, 6.07) is 13.9. The maximum atomic E-state index is 12.4. The maximum absolute atomic E-state index is 12.4. The van der Waals surface area contributed by atoms with Gasteiger partial charge in [0.05, 0.1) is 24.9 Å². The zero-order valence-electron chi connectivity index (χ0n) is 21.7. The van der Waals surface area contributed by atoms with Gasteiger partial charge in [0, 0.05) is 10.9 Å². The highest BCUT2D eigenvalue weighted by Gasteiger charge is 2.32. The van der Waals surface area contributed by atoms with Crippen LogP contribution in [0.2, 0.25) is 5.02 Å². The van der Waals surface area contributed by atoms with Gasteiger partial charge in [0.1, 0.15) is 17.2 Å². The van der Waals surface area contributed by atoms with E-state index in [1.54, 1.807) is 25.8 Å². The van der Waals surface area contributed by atoms with Crippen molar-refractivity contribution in [3.8, 4) is 11.4 Å². The minimum atomic E-state index is -0.754. The lowest BCUT2D eigenvalue weighted by atomic mass is 9.86. The predicted octanol–water partition coefficient (Wildman–Crippen LogP) is 6.52. The zero-order chi connectivity index (χ0) is 26.2. The first-order valence-corrected chi connectivity index (χ1v) is 13.1. The molecule has 3 aromatic rings. The van der Waals surface area contributed by atoms with E-state index in [1.807, 2.05) is 30.3 Å². The zero-order valence-corrected chi connectivity index (χ0v) is 22.5. The van der Waals surface area contributed by atoms with Gasteiger partial charge in [-0.2, -0.15) is 0 Å². The van der Waals surface area contributed by atoms with E-state index < -0.39 is 11.8 Å². The Kier molecular flexibility index (Phi) is 7.14. The first kappa shape index (κ1) is 25.5. The summed E-state index contributed by atoms with van der Waals surface area (Å²) in [5, 5.41) is 11.3. The van der Waals surface area contributed by atoms with Crippen LogP contribution in [0.3, 0.4) is 0 Å². The molecule has 0 N–H and O–H groups in total. The normalized spacial score (nSPS) is 19.9. The Bertz CT molecular complexity index is 1280. The molecule has 1 aliphatic heterocycles. The predicted molar refractivity (Wildman–Crippen MR) is 140 cm³/mol. The van der Waals surface area contributed by atoms with Gasteiger partial charge in [-0.15, -0.1) is 15.3 Å². The fraction of sp³-hybridized carbons (Fsp3) is 0.464. The second-order valence-electron chi connectivity index (χ2n) is 10.8. The summed E-state index contributed by atoms with van der Waals surface area (Å²) in [6.45, 7) is 8.12. The second-order valence-corrected chi connectivity index (χ2v) is 11.3. The number of benzene rings is 2. The van der Waals surface area contributed by atoms with Crippen LogP contribution in [0.15, 0.2) is 42.5 Å². The molecule has 8 nitrogen and oxygen atoms in total. The van der Waals surface area contributed by atoms with Crippen LogP contribution < -0.4 is 4.74 Å². The van der Waals surface area contributed by atoms with Gasteiger partial charge in [0.25, 0.3) is 0 Å². The van der Waals surface area contributed by atoms with E-state index in [4.69, 9.17) is 25.9 Å². The number of nitrogens with zero attached hydrogens (tertiary/aromatic N) is 4. The molecule has 1 aliphatic carbocycles. The number of hydroxylamine groups is 2. The van der Waals surface area contributed by atoms with Crippen molar-refractivity contribution in [2.45, 2.75) is 84.1 Å². The molecule has 1 fully saturated rings. The number of carbonyl (C=O) groups is 1. The summed E-state index contributed by atoms with van der Waals surface area (Å²) >= 11 is 6.35. The van der Waals surface area contributed by atoms with Crippen molar-refractivity contribution in [2.24, 2.45) is 0 Å². The molecule has 37 heavy (non-hydrogen) atoms. The SMILES string of the molecule is Cc1cccc(O[C@H]2CC[C@H](c3nnc4n3-c3ccc(Cl)cc3CN(OC(=O)OC(C)(C)C)C4)CC2)c1. The van der Waals surface area contributed by atoms with Crippen LogP contribution in [-0.2, 0) is 22.7 Å². The smallest absolute Gasteiger partial charge is 0.490 e. The van der Waals surface area contributed by atoms with Gasteiger partial charge in [0.2, 0.25) is 0 Å². The third kappa shape index (κ3) is 6.08. The average Bonchev–Trinajstić information content (AvgIpc) is 3.15. The fourth-order valence-corrected chi connectivity index (χ4v) is 5.22.